The fourth-order valence-electron chi connectivity index (χ4n) is 6.63. The lowest BCUT2D eigenvalue weighted by Crippen LogP contribution is -3.00. The van der Waals surface area contributed by atoms with E-state index in [0.29, 0.717) is 19.5 Å². The van der Waals surface area contributed by atoms with Crippen molar-refractivity contribution in [2.45, 2.75) is 226 Å². The van der Waals surface area contributed by atoms with Gasteiger partial charge in [0.25, 0.3) is 0 Å². The topological polar surface area (TPSA) is 35.5 Å². The molecule has 0 N–H and O–H groups in total. The number of hydrogen-bond acceptors (Lipinski definition) is 3. The molecule has 0 aliphatic heterocycles. The predicted molar refractivity (Wildman–Crippen MR) is 206 cm³/mol. The molecule has 0 amide bonds. The summed E-state index contributed by atoms with van der Waals surface area (Å²) in [7, 11) is 1.33. The van der Waals surface area contributed by atoms with Gasteiger partial charge in [-0.25, -0.2) is 0 Å². The molecule has 6 heteroatoms. The van der Waals surface area contributed by atoms with Crippen LogP contribution in [0.15, 0.2) is 0 Å². The minimum absolute atomic E-state index is 0. The first-order valence-corrected chi connectivity index (χ1v) is 22.8. The van der Waals surface area contributed by atoms with Crippen molar-refractivity contribution >= 4 is 7.60 Å². The van der Waals surface area contributed by atoms with E-state index in [9.17, 15) is 4.57 Å². The Bertz CT molecular complexity index is 614. The molecule has 0 aromatic rings. The molecule has 0 atom stereocenters. The molecule has 0 heterocycles. The van der Waals surface area contributed by atoms with Gasteiger partial charge in [-0.05, 0) is 25.7 Å². The van der Waals surface area contributed by atoms with Crippen LogP contribution in [0.25, 0.3) is 0 Å². The van der Waals surface area contributed by atoms with Crippen molar-refractivity contribution in [3.8, 4) is 0 Å². The van der Waals surface area contributed by atoms with Crippen molar-refractivity contribution in [3.63, 3.8) is 0 Å². The Morgan fingerprint density at radius 2 is 0.617 bits per heavy atom. The van der Waals surface area contributed by atoms with Gasteiger partial charge < -0.3 is 37.5 Å². The molecule has 0 unspecified atom stereocenters. The molecule has 0 rings (SSSR count). The lowest BCUT2D eigenvalue weighted by atomic mass is 10.1. The maximum absolute atomic E-state index is 14.0. The van der Waals surface area contributed by atoms with Crippen molar-refractivity contribution in [1.29, 1.82) is 0 Å². The fourth-order valence-corrected chi connectivity index (χ4v) is 8.76. The molecular weight excluding hydrogens is 712 g/mol. The lowest BCUT2D eigenvalue weighted by Gasteiger charge is -2.32. The Kier molecular flexibility index (Phi) is 40.5. The van der Waals surface area contributed by atoms with Crippen LogP contribution in [0.5, 0.6) is 0 Å². The third-order valence-corrected chi connectivity index (χ3v) is 12.0. The first-order valence-electron chi connectivity index (χ1n) is 21.1. The number of rotatable bonds is 39. The monoisotopic (exact) mass is 800 g/mol. The van der Waals surface area contributed by atoms with Crippen LogP contribution in [0.2, 0.25) is 0 Å². The Balaban J connectivity index is 0. The van der Waals surface area contributed by atoms with Crippen LogP contribution in [0, 0.1) is 0 Å². The molecular formula is C41H87INO3P. The van der Waals surface area contributed by atoms with E-state index in [4.69, 9.17) is 9.05 Å². The third kappa shape index (κ3) is 37.9. The van der Waals surface area contributed by atoms with Crippen molar-refractivity contribution in [2.75, 3.05) is 40.1 Å². The molecule has 4 nitrogen and oxygen atoms in total. The highest BCUT2D eigenvalue weighted by molar-refractivity contribution is 7.53. The standard InChI is InChI=1S/C41H87NO3P.HI/c1-6-9-12-15-18-21-23-25-27-30-33-36-39-44-46(43,41-42(4,5)38-35-32-29-20-17-14-11-8-3)45-40-37-34-31-28-26-24-22-19-16-13-10-7-2;/h6-41H2,1-5H3;1H/q+1;/p-1. The van der Waals surface area contributed by atoms with Gasteiger partial charge in [0.2, 0.25) is 0 Å². The molecule has 0 spiro atoms. The average Bonchev–Trinajstić information content (AvgIpc) is 3.02. The summed E-state index contributed by atoms with van der Waals surface area (Å²) in [6.45, 7) is 9.05. The zero-order valence-electron chi connectivity index (χ0n) is 33.0. The van der Waals surface area contributed by atoms with Gasteiger partial charge in [0, 0.05) is 0 Å². The summed E-state index contributed by atoms with van der Waals surface area (Å²) in [4.78, 5) is 0. The second-order valence-corrected chi connectivity index (χ2v) is 17.4. The van der Waals surface area contributed by atoms with Gasteiger partial charge in [0.1, 0.15) is 0 Å². The Labute approximate surface area is 314 Å². The largest absolute Gasteiger partial charge is 1.00 e. The maximum Gasteiger partial charge on any atom is 0.384 e. The van der Waals surface area contributed by atoms with E-state index in [-0.39, 0.29) is 24.0 Å². The predicted octanol–water partition coefficient (Wildman–Crippen LogP) is 11.8. The van der Waals surface area contributed by atoms with Crippen LogP contribution < -0.4 is 24.0 Å². The summed E-state index contributed by atoms with van der Waals surface area (Å²) < 4.78 is 27.1. The van der Waals surface area contributed by atoms with Crippen molar-refractivity contribution < 1.29 is 42.1 Å². The van der Waals surface area contributed by atoms with Crippen LogP contribution in [-0.4, -0.2) is 44.6 Å². The summed E-state index contributed by atoms with van der Waals surface area (Å²) in [5.41, 5.74) is 0. The number of halogens is 1. The summed E-state index contributed by atoms with van der Waals surface area (Å²) in [6.07, 6.45) is 42.9. The quantitative estimate of drug-likeness (QED) is 0.0269. The van der Waals surface area contributed by atoms with E-state index in [0.717, 1.165) is 23.9 Å². The van der Waals surface area contributed by atoms with Gasteiger partial charge in [-0.3, -0.25) is 4.57 Å². The lowest BCUT2D eigenvalue weighted by molar-refractivity contribution is -0.880. The van der Waals surface area contributed by atoms with E-state index in [1.54, 1.807) is 0 Å². The summed E-state index contributed by atoms with van der Waals surface area (Å²) in [5.74, 6) is 0. The number of hydrogen-bond donors (Lipinski definition) is 0. The molecule has 0 radical (unpaired) electrons. The fraction of sp³-hybridized carbons (Fsp3) is 1.00. The van der Waals surface area contributed by atoms with Gasteiger partial charge in [0.05, 0.1) is 33.9 Å². The van der Waals surface area contributed by atoms with E-state index >= 15 is 0 Å². The van der Waals surface area contributed by atoms with Crippen LogP contribution in [0.1, 0.15) is 226 Å². The second kappa shape index (κ2) is 38.1. The van der Waals surface area contributed by atoms with E-state index in [1.165, 1.54) is 193 Å². The van der Waals surface area contributed by atoms with E-state index in [1.807, 2.05) is 0 Å². The second-order valence-electron chi connectivity index (χ2n) is 15.3. The van der Waals surface area contributed by atoms with Crippen molar-refractivity contribution in [2.24, 2.45) is 0 Å². The molecule has 0 saturated carbocycles. The molecule has 0 bridgehead atoms. The zero-order chi connectivity index (χ0) is 33.9. The molecule has 286 valence electrons. The zero-order valence-corrected chi connectivity index (χ0v) is 36.0. The molecule has 0 aromatic heterocycles. The first-order chi connectivity index (χ1) is 22.4. The number of nitrogens with zero attached hydrogens (tertiary/aromatic N) is 1. The molecule has 0 aliphatic rings. The third-order valence-electron chi connectivity index (χ3n) is 9.74. The van der Waals surface area contributed by atoms with Gasteiger partial charge in [-0.15, -0.1) is 0 Å². The molecule has 0 aromatic carbocycles. The average molecular weight is 800 g/mol. The van der Waals surface area contributed by atoms with Crippen LogP contribution >= 0.6 is 7.60 Å². The number of unbranched alkanes of at least 4 members (excludes halogenated alkanes) is 29. The molecule has 0 aliphatic carbocycles. The van der Waals surface area contributed by atoms with Gasteiger partial charge in [-0.1, -0.05) is 201 Å². The number of quaternary nitrogens is 1. The Morgan fingerprint density at radius 3 is 0.894 bits per heavy atom. The SMILES string of the molecule is CCCCCCCCCCCCCCOP(=O)(C[N+](C)(C)CCCCCCCCCC)OCCCCCCCCCCCCCC.[I-]. The summed E-state index contributed by atoms with van der Waals surface area (Å²) in [6, 6.07) is 0. The van der Waals surface area contributed by atoms with E-state index < -0.39 is 7.60 Å². The smallest absolute Gasteiger partial charge is 0.384 e. The normalized spacial score (nSPS) is 12.1. The summed E-state index contributed by atoms with van der Waals surface area (Å²) in [5, 5.41) is 0. The van der Waals surface area contributed by atoms with Crippen molar-refractivity contribution in [1.82, 2.24) is 0 Å². The molecule has 0 fully saturated rings. The Hall–Kier alpha value is 0.840. The van der Waals surface area contributed by atoms with Gasteiger partial charge in [-0.2, -0.15) is 0 Å². The molecule has 47 heavy (non-hydrogen) atoms. The van der Waals surface area contributed by atoms with Gasteiger partial charge >= 0.3 is 7.60 Å². The Morgan fingerprint density at radius 1 is 0.383 bits per heavy atom. The van der Waals surface area contributed by atoms with E-state index in [2.05, 4.69) is 34.9 Å². The first kappa shape index (κ1) is 50.0. The maximum atomic E-state index is 14.0. The van der Waals surface area contributed by atoms with Crippen LogP contribution in [-0.2, 0) is 13.6 Å². The van der Waals surface area contributed by atoms with Crippen LogP contribution in [0.4, 0.5) is 0 Å². The van der Waals surface area contributed by atoms with Crippen molar-refractivity contribution in [3.05, 3.63) is 0 Å². The summed E-state index contributed by atoms with van der Waals surface area (Å²) >= 11 is 0. The molecule has 0 saturated heterocycles. The van der Waals surface area contributed by atoms with Crippen LogP contribution in [0.3, 0.4) is 0 Å². The minimum atomic E-state index is -3.11. The minimum Gasteiger partial charge on any atom is -1.00 e. The highest BCUT2D eigenvalue weighted by Gasteiger charge is 2.34. The highest BCUT2D eigenvalue weighted by atomic mass is 127. The highest BCUT2D eigenvalue weighted by Crippen LogP contribution is 2.50. The van der Waals surface area contributed by atoms with Gasteiger partial charge in [0.15, 0.2) is 6.29 Å².